The van der Waals surface area contributed by atoms with Crippen LogP contribution in [0.1, 0.15) is 21.7 Å². The van der Waals surface area contributed by atoms with E-state index in [0.717, 1.165) is 30.0 Å². The van der Waals surface area contributed by atoms with Crippen LogP contribution in [0.3, 0.4) is 0 Å². The first-order valence-corrected chi connectivity index (χ1v) is 6.41. The number of imidazole rings is 1. The van der Waals surface area contributed by atoms with Crippen LogP contribution in [0.2, 0.25) is 0 Å². The molecule has 0 N–H and O–H groups in total. The van der Waals surface area contributed by atoms with Gasteiger partial charge in [0.15, 0.2) is 0 Å². The second kappa shape index (κ2) is 6.34. The van der Waals surface area contributed by atoms with Gasteiger partial charge in [-0.2, -0.15) is 0 Å². The Bertz CT molecular complexity index is 593. The van der Waals surface area contributed by atoms with Crippen LogP contribution >= 0.6 is 0 Å². The maximum absolute atomic E-state index is 10.9. The number of ether oxygens (including phenoxy) is 1. The lowest BCUT2D eigenvalue weighted by atomic mass is 10.1. The fourth-order valence-electron chi connectivity index (χ4n) is 2.13. The second-order valence-corrected chi connectivity index (χ2v) is 4.82. The maximum Gasteiger partial charge on any atom is 0.150 e. The number of nitrogens with zero attached hydrogens (tertiary/aromatic N) is 3. The minimum atomic E-state index is 0.659. The quantitative estimate of drug-likeness (QED) is 0.754. The van der Waals surface area contributed by atoms with E-state index in [1.165, 1.54) is 0 Å². The molecule has 1 aromatic heterocycles. The highest BCUT2D eigenvalue weighted by atomic mass is 16.5. The lowest BCUT2D eigenvalue weighted by molar-refractivity contribution is 0.112. The van der Waals surface area contributed by atoms with Crippen molar-refractivity contribution in [3.8, 4) is 5.75 Å². The minimum absolute atomic E-state index is 0.659. The number of aldehydes is 1. The molecule has 0 fully saturated rings. The molecule has 106 valence electrons. The molecule has 5 heteroatoms. The van der Waals surface area contributed by atoms with E-state index in [9.17, 15) is 4.79 Å². The molecule has 0 unspecified atom stereocenters. The summed E-state index contributed by atoms with van der Waals surface area (Å²) in [5.41, 5.74) is 1.65. The standard InChI is InChI=1S/C15H19N3O2/c1-17(10-15-16-6-7-18(15)2)9-13-8-12(11-19)4-5-14(13)20-3/h4-8,11H,9-10H2,1-3H3. The third kappa shape index (κ3) is 3.24. The van der Waals surface area contributed by atoms with Crippen LogP contribution in [0, 0.1) is 0 Å². The molecule has 0 saturated heterocycles. The Balaban J connectivity index is 2.12. The van der Waals surface area contributed by atoms with Gasteiger partial charge in [0.2, 0.25) is 0 Å². The highest BCUT2D eigenvalue weighted by Gasteiger charge is 2.10. The highest BCUT2D eigenvalue weighted by molar-refractivity contribution is 5.75. The van der Waals surface area contributed by atoms with Crippen LogP contribution in [0.4, 0.5) is 0 Å². The van der Waals surface area contributed by atoms with Crippen molar-refractivity contribution < 1.29 is 9.53 Å². The first kappa shape index (κ1) is 14.3. The third-order valence-corrected chi connectivity index (χ3v) is 3.21. The Hall–Kier alpha value is -2.14. The first-order valence-electron chi connectivity index (χ1n) is 6.41. The molecule has 0 radical (unpaired) electrons. The summed E-state index contributed by atoms with van der Waals surface area (Å²) in [5, 5.41) is 0. The van der Waals surface area contributed by atoms with E-state index in [-0.39, 0.29) is 0 Å². The maximum atomic E-state index is 10.9. The molecule has 0 bridgehead atoms. The second-order valence-electron chi connectivity index (χ2n) is 4.82. The van der Waals surface area contributed by atoms with Crippen molar-refractivity contribution in [1.82, 2.24) is 14.5 Å². The average molecular weight is 273 g/mol. The van der Waals surface area contributed by atoms with Crippen molar-refractivity contribution in [3.05, 3.63) is 47.5 Å². The van der Waals surface area contributed by atoms with Gasteiger partial charge in [-0.15, -0.1) is 0 Å². The van der Waals surface area contributed by atoms with Gasteiger partial charge >= 0.3 is 0 Å². The third-order valence-electron chi connectivity index (χ3n) is 3.21. The number of hydrogen-bond donors (Lipinski definition) is 0. The number of benzene rings is 1. The molecular formula is C15H19N3O2. The van der Waals surface area contributed by atoms with Crippen molar-refractivity contribution in [2.75, 3.05) is 14.2 Å². The van der Waals surface area contributed by atoms with E-state index in [1.54, 1.807) is 19.4 Å². The summed E-state index contributed by atoms with van der Waals surface area (Å²) in [5.74, 6) is 1.79. The SMILES string of the molecule is COc1ccc(C=O)cc1CN(C)Cc1nccn1C. The molecule has 0 amide bonds. The first-order chi connectivity index (χ1) is 9.63. The smallest absolute Gasteiger partial charge is 0.150 e. The van der Waals surface area contributed by atoms with E-state index in [2.05, 4.69) is 9.88 Å². The number of aromatic nitrogens is 2. The number of methoxy groups -OCH3 is 1. The van der Waals surface area contributed by atoms with Crippen LogP contribution in [-0.2, 0) is 20.1 Å². The number of carbonyl (C=O) groups excluding carboxylic acids is 1. The van der Waals surface area contributed by atoms with Crippen molar-refractivity contribution in [3.63, 3.8) is 0 Å². The lowest BCUT2D eigenvalue weighted by Gasteiger charge is -2.18. The normalized spacial score (nSPS) is 10.8. The molecule has 0 aliphatic heterocycles. The van der Waals surface area contributed by atoms with Gasteiger partial charge in [0.25, 0.3) is 0 Å². The molecule has 0 aliphatic rings. The van der Waals surface area contributed by atoms with Crippen LogP contribution in [0.15, 0.2) is 30.6 Å². The van der Waals surface area contributed by atoms with Gasteiger partial charge in [-0.1, -0.05) is 0 Å². The fourth-order valence-corrected chi connectivity index (χ4v) is 2.13. The van der Waals surface area contributed by atoms with Gasteiger partial charge in [0, 0.05) is 37.1 Å². The zero-order chi connectivity index (χ0) is 14.5. The molecular weight excluding hydrogens is 254 g/mol. The summed E-state index contributed by atoms with van der Waals surface area (Å²) < 4.78 is 7.34. The van der Waals surface area contributed by atoms with E-state index < -0.39 is 0 Å². The van der Waals surface area contributed by atoms with Crippen LogP contribution in [0.25, 0.3) is 0 Å². The van der Waals surface area contributed by atoms with Crippen LogP contribution in [-0.4, -0.2) is 34.9 Å². The van der Waals surface area contributed by atoms with Crippen LogP contribution < -0.4 is 4.74 Å². The molecule has 1 aromatic carbocycles. The Labute approximate surface area is 118 Å². The molecule has 5 nitrogen and oxygen atoms in total. The molecule has 1 heterocycles. The minimum Gasteiger partial charge on any atom is -0.496 e. The van der Waals surface area contributed by atoms with Crippen molar-refractivity contribution in [2.45, 2.75) is 13.1 Å². The van der Waals surface area contributed by atoms with Gasteiger partial charge in [0.05, 0.1) is 13.7 Å². The Morgan fingerprint density at radius 1 is 1.40 bits per heavy atom. The Morgan fingerprint density at radius 3 is 2.80 bits per heavy atom. The number of aryl methyl sites for hydroxylation is 1. The van der Waals surface area contributed by atoms with Gasteiger partial charge in [-0.25, -0.2) is 4.98 Å². The lowest BCUT2D eigenvalue weighted by Crippen LogP contribution is -2.20. The molecule has 20 heavy (non-hydrogen) atoms. The molecule has 2 aromatic rings. The zero-order valence-corrected chi connectivity index (χ0v) is 12.0. The number of carbonyl (C=O) groups is 1. The Kier molecular flexibility index (Phi) is 4.53. The summed E-state index contributed by atoms with van der Waals surface area (Å²) in [6.07, 6.45) is 4.56. The summed E-state index contributed by atoms with van der Waals surface area (Å²) in [7, 11) is 5.63. The summed E-state index contributed by atoms with van der Waals surface area (Å²) in [4.78, 5) is 17.3. The van der Waals surface area contributed by atoms with Crippen LogP contribution in [0.5, 0.6) is 5.75 Å². The molecule has 2 rings (SSSR count). The number of rotatable bonds is 6. The summed E-state index contributed by atoms with van der Waals surface area (Å²) >= 11 is 0. The summed E-state index contributed by atoms with van der Waals surface area (Å²) in [6.45, 7) is 1.43. The topological polar surface area (TPSA) is 47.4 Å². The number of hydrogen-bond acceptors (Lipinski definition) is 4. The van der Waals surface area contributed by atoms with E-state index in [4.69, 9.17) is 4.74 Å². The zero-order valence-electron chi connectivity index (χ0n) is 12.0. The van der Waals surface area contributed by atoms with E-state index >= 15 is 0 Å². The van der Waals surface area contributed by atoms with E-state index in [0.29, 0.717) is 12.1 Å². The van der Waals surface area contributed by atoms with Crippen molar-refractivity contribution in [1.29, 1.82) is 0 Å². The molecule has 0 aliphatic carbocycles. The van der Waals surface area contributed by atoms with Gasteiger partial charge in [-0.05, 0) is 25.2 Å². The fraction of sp³-hybridized carbons (Fsp3) is 0.333. The highest BCUT2D eigenvalue weighted by Crippen LogP contribution is 2.21. The molecule has 0 atom stereocenters. The largest absolute Gasteiger partial charge is 0.496 e. The predicted molar refractivity (Wildman–Crippen MR) is 76.8 cm³/mol. The molecule has 0 spiro atoms. The average Bonchev–Trinajstić information content (AvgIpc) is 2.84. The van der Waals surface area contributed by atoms with Crippen molar-refractivity contribution >= 4 is 6.29 Å². The van der Waals surface area contributed by atoms with Gasteiger partial charge in [0.1, 0.15) is 17.9 Å². The van der Waals surface area contributed by atoms with Gasteiger partial charge in [-0.3, -0.25) is 9.69 Å². The predicted octanol–water partition coefficient (Wildman–Crippen LogP) is 1.87. The van der Waals surface area contributed by atoms with Crippen molar-refractivity contribution in [2.24, 2.45) is 7.05 Å². The monoisotopic (exact) mass is 273 g/mol. The summed E-state index contributed by atoms with van der Waals surface area (Å²) in [6, 6.07) is 5.45. The van der Waals surface area contributed by atoms with Gasteiger partial charge < -0.3 is 9.30 Å². The Morgan fingerprint density at radius 2 is 2.20 bits per heavy atom. The van der Waals surface area contributed by atoms with E-state index in [1.807, 2.05) is 37.0 Å². The molecule has 0 saturated carbocycles.